The van der Waals surface area contributed by atoms with Crippen LogP contribution in [0.15, 0.2) is 35.1 Å². The molecule has 0 aliphatic heterocycles. The SMILES string of the molecule is Cc1noc(C)c1C[C@@H](C)N[C@@H](C)c1cnn(-c2ccccn2)c1C. The molecule has 3 rings (SSSR count). The minimum Gasteiger partial charge on any atom is -0.361 e. The molecule has 0 unspecified atom stereocenters. The third-order valence-electron chi connectivity index (χ3n) is 4.61. The molecule has 6 heteroatoms. The number of nitrogens with zero attached hydrogens (tertiary/aromatic N) is 4. The Morgan fingerprint density at radius 2 is 2.00 bits per heavy atom. The van der Waals surface area contributed by atoms with E-state index in [-0.39, 0.29) is 6.04 Å². The van der Waals surface area contributed by atoms with Crippen molar-refractivity contribution in [2.24, 2.45) is 0 Å². The standard InChI is InChI=1S/C19H25N5O/c1-12(10-17-14(3)23-25-16(17)5)22-13(2)18-11-21-24(15(18)4)19-8-6-7-9-20-19/h6-9,11-13,22H,10H2,1-5H3/t12-,13+/m1/s1. The third-order valence-corrected chi connectivity index (χ3v) is 4.61. The highest BCUT2D eigenvalue weighted by molar-refractivity contribution is 5.30. The van der Waals surface area contributed by atoms with Crippen LogP contribution in [0.3, 0.4) is 0 Å². The van der Waals surface area contributed by atoms with Gasteiger partial charge in [-0.15, -0.1) is 0 Å². The summed E-state index contributed by atoms with van der Waals surface area (Å²) in [6, 6.07) is 6.32. The van der Waals surface area contributed by atoms with Crippen molar-refractivity contribution in [3.63, 3.8) is 0 Å². The summed E-state index contributed by atoms with van der Waals surface area (Å²) in [5.41, 5.74) is 4.44. The Labute approximate surface area is 148 Å². The normalized spacial score (nSPS) is 13.8. The highest BCUT2D eigenvalue weighted by Gasteiger charge is 2.18. The number of nitrogens with one attached hydrogen (secondary N) is 1. The second-order valence-corrected chi connectivity index (χ2v) is 6.58. The van der Waals surface area contributed by atoms with Crippen LogP contribution in [-0.4, -0.2) is 26.0 Å². The lowest BCUT2D eigenvalue weighted by molar-refractivity contribution is 0.391. The minimum absolute atomic E-state index is 0.188. The topological polar surface area (TPSA) is 68.8 Å². The van der Waals surface area contributed by atoms with E-state index in [0.717, 1.165) is 29.4 Å². The molecule has 3 heterocycles. The lowest BCUT2D eigenvalue weighted by Crippen LogP contribution is -2.31. The van der Waals surface area contributed by atoms with Crippen LogP contribution in [0.4, 0.5) is 0 Å². The van der Waals surface area contributed by atoms with E-state index >= 15 is 0 Å². The molecule has 0 aliphatic carbocycles. The van der Waals surface area contributed by atoms with Crippen LogP contribution < -0.4 is 5.32 Å². The largest absolute Gasteiger partial charge is 0.361 e. The van der Waals surface area contributed by atoms with Gasteiger partial charge in [-0.05, 0) is 53.2 Å². The summed E-state index contributed by atoms with van der Waals surface area (Å²) < 4.78 is 7.14. The first-order valence-electron chi connectivity index (χ1n) is 8.61. The lowest BCUT2D eigenvalue weighted by Gasteiger charge is -2.20. The van der Waals surface area contributed by atoms with E-state index in [1.165, 1.54) is 11.1 Å². The van der Waals surface area contributed by atoms with Crippen molar-refractivity contribution in [1.82, 2.24) is 25.2 Å². The second kappa shape index (κ2) is 7.19. The van der Waals surface area contributed by atoms with Crippen molar-refractivity contribution in [2.75, 3.05) is 0 Å². The molecule has 0 aliphatic rings. The van der Waals surface area contributed by atoms with Gasteiger partial charge in [0.1, 0.15) is 5.76 Å². The van der Waals surface area contributed by atoms with Gasteiger partial charge in [-0.1, -0.05) is 11.2 Å². The molecule has 0 spiro atoms. The first kappa shape index (κ1) is 17.4. The molecular weight excluding hydrogens is 314 g/mol. The zero-order valence-electron chi connectivity index (χ0n) is 15.4. The smallest absolute Gasteiger partial charge is 0.153 e. The Balaban J connectivity index is 1.71. The van der Waals surface area contributed by atoms with E-state index in [0.29, 0.717) is 6.04 Å². The summed E-state index contributed by atoms with van der Waals surface area (Å²) in [7, 11) is 0. The number of hydrogen-bond acceptors (Lipinski definition) is 5. The minimum atomic E-state index is 0.188. The lowest BCUT2D eigenvalue weighted by atomic mass is 10.0. The molecule has 0 aromatic carbocycles. The van der Waals surface area contributed by atoms with Crippen molar-refractivity contribution < 1.29 is 4.52 Å². The predicted octanol–water partition coefficient (Wildman–Crippen LogP) is 3.46. The van der Waals surface area contributed by atoms with Crippen LogP contribution in [0.1, 0.15) is 48.2 Å². The van der Waals surface area contributed by atoms with Crippen molar-refractivity contribution in [3.05, 3.63) is 58.9 Å². The first-order valence-corrected chi connectivity index (χ1v) is 8.61. The van der Waals surface area contributed by atoms with E-state index in [1.54, 1.807) is 6.20 Å². The molecule has 2 atom stereocenters. The molecule has 132 valence electrons. The van der Waals surface area contributed by atoms with E-state index in [9.17, 15) is 0 Å². The molecule has 0 bridgehead atoms. The fraction of sp³-hybridized carbons (Fsp3) is 0.421. The van der Waals surface area contributed by atoms with Gasteiger partial charge in [-0.25, -0.2) is 9.67 Å². The summed E-state index contributed by atoms with van der Waals surface area (Å²) >= 11 is 0. The van der Waals surface area contributed by atoms with Crippen LogP contribution in [0, 0.1) is 20.8 Å². The Hall–Kier alpha value is -2.47. The maximum Gasteiger partial charge on any atom is 0.153 e. The van der Waals surface area contributed by atoms with Gasteiger partial charge in [0.05, 0.1) is 11.9 Å². The molecule has 0 radical (unpaired) electrons. The van der Waals surface area contributed by atoms with E-state index in [1.807, 2.05) is 42.9 Å². The van der Waals surface area contributed by atoms with Gasteiger partial charge in [0.2, 0.25) is 0 Å². The first-order chi connectivity index (χ1) is 12.0. The van der Waals surface area contributed by atoms with Gasteiger partial charge >= 0.3 is 0 Å². The van der Waals surface area contributed by atoms with Crippen molar-refractivity contribution >= 4 is 0 Å². The highest BCUT2D eigenvalue weighted by Crippen LogP contribution is 2.21. The molecular formula is C19H25N5O. The zero-order chi connectivity index (χ0) is 18.0. The van der Waals surface area contributed by atoms with Crippen LogP contribution >= 0.6 is 0 Å². The Morgan fingerprint density at radius 3 is 2.64 bits per heavy atom. The van der Waals surface area contributed by atoms with E-state index in [4.69, 9.17) is 4.52 Å². The van der Waals surface area contributed by atoms with Gasteiger partial charge in [0, 0.05) is 35.1 Å². The summed E-state index contributed by atoms with van der Waals surface area (Å²) in [6.45, 7) is 10.4. The number of aromatic nitrogens is 4. The van der Waals surface area contributed by atoms with Crippen LogP contribution in [0.5, 0.6) is 0 Å². The van der Waals surface area contributed by atoms with Crippen LogP contribution in [0.25, 0.3) is 5.82 Å². The molecule has 6 nitrogen and oxygen atoms in total. The number of rotatable bonds is 6. The van der Waals surface area contributed by atoms with Gasteiger partial charge in [0.15, 0.2) is 5.82 Å². The van der Waals surface area contributed by atoms with Crippen molar-refractivity contribution in [2.45, 2.75) is 53.1 Å². The zero-order valence-corrected chi connectivity index (χ0v) is 15.4. The Morgan fingerprint density at radius 1 is 1.20 bits per heavy atom. The van der Waals surface area contributed by atoms with Crippen molar-refractivity contribution in [1.29, 1.82) is 0 Å². The average molecular weight is 339 g/mol. The monoisotopic (exact) mass is 339 g/mol. The van der Waals surface area contributed by atoms with Gasteiger partial charge in [0.25, 0.3) is 0 Å². The van der Waals surface area contributed by atoms with Gasteiger partial charge in [-0.2, -0.15) is 5.10 Å². The molecule has 1 N–H and O–H groups in total. The molecule has 0 saturated heterocycles. The van der Waals surface area contributed by atoms with E-state index < -0.39 is 0 Å². The average Bonchev–Trinajstić information content (AvgIpc) is 3.13. The van der Waals surface area contributed by atoms with Gasteiger partial charge < -0.3 is 9.84 Å². The maximum atomic E-state index is 5.26. The Kier molecular flexibility index (Phi) is 4.99. The molecule has 0 fully saturated rings. The highest BCUT2D eigenvalue weighted by atomic mass is 16.5. The summed E-state index contributed by atoms with van der Waals surface area (Å²) in [5.74, 6) is 1.74. The fourth-order valence-electron chi connectivity index (χ4n) is 3.23. The summed E-state index contributed by atoms with van der Waals surface area (Å²) in [4.78, 5) is 4.38. The second-order valence-electron chi connectivity index (χ2n) is 6.58. The van der Waals surface area contributed by atoms with Crippen molar-refractivity contribution in [3.8, 4) is 5.82 Å². The van der Waals surface area contributed by atoms with Gasteiger partial charge in [-0.3, -0.25) is 0 Å². The number of hydrogen-bond donors (Lipinski definition) is 1. The number of aryl methyl sites for hydroxylation is 2. The molecule has 25 heavy (non-hydrogen) atoms. The van der Waals surface area contributed by atoms with E-state index in [2.05, 4.69) is 41.3 Å². The maximum absolute atomic E-state index is 5.26. The summed E-state index contributed by atoms with van der Waals surface area (Å²) in [5, 5.41) is 12.2. The number of pyridine rings is 1. The fourth-order valence-corrected chi connectivity index (χ4v) is 3.23. The summed E-state index contributed by atoms with van der Waals surface area (Å²) in [6.07, 6.45) is 4.59. The molecule has 3 aromatic rings. The Bertz CT molecular complexity index is 817. The molecule has 0 saturated carbocycles. The quantitative estimate of drug-likeness (QED) is 0.745. The third kappa shape index (κ3) is 3.64. The molecule has 3 aromatic heterocycles. The molecule has 0 amide bonds. The predicted molar refractivity (Wildman–Crippen MR) is 96.8 cm³/mol. The van der Waals surface area contributed by atoms with Crippen LogP contribution in [-0.2, 0) is 6.42 Å². The van der Waals surface area contributed by atoms with Crippen LogP contribution in [0.2, 0.25) is 0 Å².